The van der Waals surface area contributed by atoms with Crippen molar-refractivity contribution >= 4 is 20.0 Å². The zero-order valence-corrected chi connectivity index (χ0v) is 21.8. The molecule has 3 rings (SSSR count). The Balaban J connectivity index is 1.45. The molecule has 2 aromatic rings. The zero-order valence-electron chi connectivity index (χ0n) is 20.0. The third kappa shape index (κ3) is 8.64. The number of thioether (sulfide) groups is 1. The van der Waals surface area contributed by atoms with Crippen LogP contribution in [0.5, 0.6) is 0 Å². The summed E-state index contributed by atoms with van der Waals surface area (Å²) in [5, 5.41) is 2.98. The van der Waals surface area contributed by atoms with Gasteiger partial charge in [0.2, 0.25) is 0 Å². The largest absolute Gasteiger partial charge is 0.326 e. The number of nitrogens with one attached hydrogen (secondary N) is 1. The van der Waals surface area contributed by atoms with Crippen molar-refractivity contribution in [2.75, 3.05) is 18.9 Å². The van der Waals surface area contributed by atoms with Crippen LogP contribution in [0.25, 0.3) is 0 Å². The summed E-state index contributed by atoms with van der Waals surface area (Å²) in [5.41, 5.74) is 0.969. The minimum absolute atomic E-state index is 0.109. The van der Waals surface area contributed by atoms with Crippen LogP contribution in [0.2, 0.25) is 0 Å². The quantitative estimate of drug-likeness (QED) is 0.155. The van der Waals surface area contributed by atoms with Crippen molar-refractivity contribution in [2.45, 2.75) is 74.6 Å². The first-order chi connectivity index (χ1) is 16.9. The Labute approximate surface area is 211 Å². The molecule has 0 aromatic heterocycles. The van der Waals surface area contributed by atoms with E-state index in [2.05, 4.69) is 9.84 Å². The van der Waals surface area contributed by atoms with Gasteiger partial charge in [-0.05, 0) is 73.6 Å². The molecule has 0 spiro atoms. The molecule has 9 heteroatoms. The lowest BCUT2D eigenvalue weighted by atomic mass is 9.66. The molecule has 1 saturated carbocycles. The smallest absolute Gasteiger partial charge is 0.316 e. The van der Waals surface area contributed by atoms with Crippen molar-refractivity contribution in [2.24, 2.45) is 0 Å². The van der Waals surface area contributed by atoms with Gasteiger partial charge < -0.3 is 14.7 Å². The SMILES string of the molecule is O=[PH](O)OCCCNCc1cc(F)c(SCCCCC2(c3ccccc3F)CCCCC2)cc1F. The molecule has 0 heterocycles. The highest BCUT2D eigenvalue weighted by atomic mass is 32.2. The molecule has 2 aromatic carbocycles. The molecular formula is C26H35F3NO3PS. The van der Waals surface area contributed by atoms with Gasteiger partial charge in [0.05, 0.1) is 6.61 Å². The highest BCUT2D eigenvalue weighted by Crippen LogP contribution is 2.44. The second-order valence-electron chi connectivity index (χ2n) is 9.15. The van der Waals surface area contributed by atoms with E-state index in [0.29, 0.717) is 23.6 Å². The number of halogens is 3. The summed E-state index contributed by atoms with van der Waals surface area (Å²) in [6, 6.07) is 9.60. The van der Waals surface area contributed by atoms with Crippen molar-refractivity contribution < 1.29 is 27.2 Å². The van der Waals surface area contributed by atoms with E-state index in [1.54, 1.807) is 12.1 Å². The van der Waals surface area contributed by atoms with E-state index in [0.717, 1.165) is 50.5 Å². The maximum Gasteiger partial charge on any atom is 0.316 e. The predicted molar refractivity (Wildman–Crippen MR) is 136 cm³/mol. The first-order valence-electron chi connectivity index (χ1n) is 12.3. The van der Waals surface area contributed by atoms with Crippen LogP contribution in [-0.2, 0) is 21.0 Å². The van der Waals surface area contributed by atoms with Gasteiger partial charge in [-0.25, -0.2) is 13.2 Å². The standard InChI is InChI=1S/C26H35F3NO3PS/c27-22-10-3-2-9-21(22)26(11-4-1-5-12-26)13-6-7-16-35-25-18-23(28)20(17-24(25)29)19-30-14-8-15-33-34(31)32/h2-3,9-10,17-18,30,34H,1,4-8,11-16,19H2,(H,31,32). The maximum absolute atomic E-state index is 14.6. The second-order valence-corrected chi connectivity index (χ2v) is 11.1. The first kappa shape index (κ1) is 28.3. The van der Waals surface area contributed by atoms with Crippen molar-refractivity contribution in [3.05, 3.63) is 65.0 Å². The number of rotatable bonds is 14. The lowest BCUT2D eigenvalue weighted by Gasteiger charge is -2.38. The third-order valence-electron chi connectivity index (χ3n) is 6.70. The minimum atomic E-state index is -2.93. The summed E-state index contributed by atoms with van der Waals surface area (Å²) >= 11 is 1.32. The van der Waals surface area contributed by atoms with Gasteiger partial charge in [0.25, 0.3) is 0 Å². The molecule has 35 heavy (non-hydrogen) atoms. The van der Waals surface area contributed by atoms with E-state index in [4.69, 9.17) is 4.89 Å². The van der Waals surface area contributed by atoms with E-state index in [-0.39, 0.29) is 29.9 Å². The molecule has 1 fully saturated rings. The van der Waals surface area contributed by atoms with Crippen molar-refractivity contribution in [1.82, 2.24) is 5.32 Å². The van der Waals surface area contributed by atoms with E-state index >= 15 is 0 Å². The van der Waals surface area contributed by atoms with Crippen LogP contribution in [0.15, 0.2) is 41.3 Å². The van der Waals surface area contributed by atoms with Crippen LogP contribution < -0.4 is 5.32 Å². The Morgan fingerprint density at radius 3 is 2.51 bits per heavy atom. The lowest BCUT2D eigenvalue weighted by molar-refractivity contribution is 0.260. The van der Waals surface area contributed by atoms with Crippen LogP contribution in [0.4, 0.5) is 13.2 Å². The Bertz CT molecular complexity index is 973. The van der Waals surface area contributed by atoms with Gasteiger partial charge in [0.1, 0.15) is 17.5 Å². The molecule has 1 aliphatic rings. The molecule has 2 N–H and O–H groups in total. The van der Waals surface area contributed by atoms with Crippen molar-refractivity contribution in [3.8, 4) is 0 Å². The number of benzene rings is 2. The van der Waals surface area contributed by atoms with Gasteiger partial charge in [0, 0.05) is 17.0 Å². The fraction of sp³-hybridized carbons (Fsp3) is 0.538. The number of unbranched alkanes of at least 4 members (excludes halogenated alkanes) is 1. The Kier molecular flexibility index (Phi) is 11.7. The molecule has 1 atom stereocenters. The Hall–Kier alpha value is -1.31. The normalized spacial score (nSPS) is 16.3. The summed E-state index contributed by atoms with van der Waals surface area (Å²) in [6.45, 7) is 0.760. The fourth-order valence-corrected chi connectivity index (χ4v) is 6.19. The molecule has 0 saturated heterocycles. The Morgan fingerprint density at radius 1 is 1.00 bits per heavy atom. The van der Waals surface area contributed by atoms with Crippen LogP contribution in [0.1, 0.15) is 68.9 Å². The van der Waals surface area contributed by atoms with Crippen molar-refractivity contribution in [1.29, 1.82) is 0 Å². The van der Waals surface area contributed by atoms with Gasteiger partial charge in [0.15, 0.2) is 0 Å². The van der Waals surface area contributed by atoms with Crippen LogP contribution >= 0.6 is 20.0 Å². The second kappa shape index (κ2) is 14.4. The Morgan fingerprint density at radius 2 is 1.77 bits per heavy atom. The molecular weight excluding hydrogens is 494 g/mol. The van der Waals surface area contributed by atoms with E-state index in [1.165, 1.54) is 30.3 Å². The average Bonchev–Trinajstić information content (AvgIpc) is 2.84. The summed E-state index contributed by atoms with van der Waals surface area (Å²) in [6.07, 6.45) is 8.62. The summed E-state index contributed by atoms with van der Waals surface area (Å²) < 4.78 is 58.6. The minimum Gasteiger partial charge on any atom is -0.326 e. The van der Waals surface area contributed by atoms with Crippen molar-refractivity contribution in [3.63, 3.8) is 0 Å². The van der Waals surface area contributed by atoms with E-state index in [1.807, 2.05) is 12.1 Å². The highest BCUT2D eigenvalue weighted by Gasteiger charge is 2.35. The van der Waals surface area contributed by atoms with E-state index in [9.17, 15) is 17.7 Å². The molecule has 0 bridgehead atoms. The average molecular weight is 530 g/mol. The van der Waals surface area contributed by atoms with Gasteiger partial charge in [-0.3, -0.25) is 4.57 Å². The molecule has 194 valence electrons. The third-order valence-corrected chi connectivity index (χ3v) is 8.27. The summed E-state index contributed by atoms with van der Waals surface area (Å²) in [4.78, 5) is 8.90. The van der Waals surface area contributed by atoms with Crippen LogP contribution in [-0.4, -0.2) is 23.8 Å². The first-order valence-corrected chi connectivity index (χ1v) is 14.6. The van der Waals surface area contributed by atoms with Gasteiger partial charge in [-0.2, -0.15) is 0 Å². The fourth-order valence-electron chi connectivity index (χ4n) is 4.92. The van der Waals surface area contributed by atoms with Gasteiger partial charge >= 0.3 is 8.25 Å². The van der Waals surface area contributed by atoms with Gasteiger partial charge in [-0.1, -0.05) is 43.9 Å². The molecule has 0 radical (unpaired) electrons. The van der Waals surface area contributed by atoms with E-state index < -0.39 is 19.9 Å². The predicted octanol–water partition coefficient (Wildman–Crippen LogP) is 7.15. The topological polar surface area (TPSA) is 58.6 Å². The molecule has 0 aliphatic heterocycles. The molecule has 1 aliphatic carbocycles. The lowest BCUT2D eigenvalue weighted by Crippen LogP contribution is -2.30. The number of hydrogen-bond acceptors (Lipinski definition) is 4. The molecule has 1 unspecified atom stereocenters. The summed E-state index contributed by atoms with van der Waals surface area (Å²) in [7, 11) is -2.93. The monoisotopic (exact) mass is 529 g/mol. The molecule has 0 amide bonds. The van der Waals surface area contributed by atoms with Crippen LogP contribution in [0.3, 0.4) is 0 Å². The number of hydrogen-bond donors (Lipinski definition) is 2. The highest BCUT2D eigenvalue weighted by molar-refractivity contribution is 7.99. The maximum atomic E-state index is 14.6. The zero-order chi connectivity index (χ0) is 25.1. The van der Waals surface area contributed by atoms with Gasteiger partial charge in [-0.15, -0.1) is 11.8 Å². The summed E-state index contributed by atoms with van der Waals surface area (Å²) in [5.74, 6) is -0.342. The van der Waals surface area contributed by atoms with Crippen LogP contribution in [0, 0.1) is 17.5 Å². The molecule has 4 nitrogen and oxygen atoms in total.